The van der Waals surface area contributed by atoms with Crippen LogP contribution in [0.15, 0.2) is 53.5 Å². The SMILES string of the molecule is CC(Oc1ccc(Oc2ccc(C(F)(F)F)cc2)cc1)C1=NCCO1. The Labute approximate surface area is 142 Å². The Morgan fingerprint density at radius 1 is 0.960 bits per heavy atom. The second-order valence-electron chi connectivity index (χ2n) is 5.42. The van der Waals surface area contributed by atoms with Crippen molar-refractivity contribution in [2.45, 2.75) is 19.2 Å². The molecule has 1 heterocycles. The summed E-state index contributed by atoms with van der Waals surface area (Å²) in [5.74, 6) is 2.01. The number of halogens is 3. The number of rotatable bonds is 5. The number of hydrogen-bond acceptors (Lipinski definition) is 4. The monoisotopic (exact) mass is 351 g/mol. The van der Waals surface area contributed by atoms with Crippen molar-refractivity contribution in [3.05, 3.63) is 54.1 Å². The summed E-state index contributed by atoms with van der Waals surface area (Å²) in [5.41, 5.74) is -0.713. The Bertz CT molecular complexity index is 740. The van der Waals surface area contributed by atoms with Crippen LogP contribution in [0.3, 0.4) is 0 Å². The van der Waals surface area contributed by atoms with Crippen molar-refractivity contribution in [2.75, 3.05) is 13.2 Å². The molecule has 2 aromatic rings. The summed E-state index contributed by atoms with van der Waals surface area (Å²) in [7, 11) is 0. The Morgan fingerprint density at radius 2 is 1.52 bits per heavy atom. The van der Waals surface area contributed by atoms with E-state index in [0.717, 1.165) is 12.1 Å². The van der Waals surface area contributed by atoms with Crippen LogP contribution >= 0.6 is 0 Å². The van der Waals surface area contributed by atoms with Gasteiger partial charge in [0.2, 0.25) is 5.90 Å². The molecule has 1 unspecified atom stereocenters. The summed E-state index contributed by atoms with van der Waals surface area (Å²) in [6.45, 7) is 3.06. The smallest absolute Gasteiger partial charge is 0.416 e. The van der Waals surface area contributed by atoms with Gasteiger partial charge < -0.3 is 14.2 Å². The Morgan fingerprint density at radius 3 is 2.04 bits per heavy atom. The summed E-state index contributed by atoms with van der Waals surface area (Å²) in [4.78, 5) is 4.19. The van der Waals surface area contributed by atoms with E-state index in [0.29, 0.717) is 36.3 Å². The Hall–Kier alpha value is -2.70. The predicted octanol–water partition coefficient (Wildman–Crippen LogP) is 4.69. The highest BCUT2D eigenvalue weighted by Gasteiger charge is 2.30. The van der Waals surface area contributed by atoms with Crippen LogP contribution in [0, 0.1) is 0 Å². The highest BCUT2D eigenvalue weighted by atomic mass is 19.4. The van der Waals surface area contributed by atoms with Crippen molar-refractivity contribution in [3.8, 4) is 17.2 Å². The Kier molecular flexibility index (Phi) is 4.83. The molecule has 0 bridgehead atoms. The average molecular weight is 351 g/mol. The van der Waals surface area contributed by atoms with Gasteiger partial charge >= 0.3 is 6.18 Å². The molecule has 0 saturated heterocycles. The molecule has 4 nitrogen and oxygen atoms in total. The summed E-state index contributed by atoms with van der Waals surface area (Å²) in [5, 5.41) is 0. The van der Waals surface area contributed by atoms with Crippen LogP contribution in [0.5, 0.6) is 17.2 Å². The molecule has 0 amide bonds. The maximum Gasteiger partial charge on any atom is 0.416 e. The first-order valence-electron chi connectivity index (χ1n) is 7.71. The molecule has 0 spiro atoms. The lowest BCUT2D eigenvalue weighted by Gasteiger charge is -2.14. The van der Waals surface area contributed by atoms with Gasteiger partial charge in [0.05, 0.1) is 12.1 Å². The highest BCUT2D eigenvalue weighted by Crippen LogP contribution is 2.31. The van der Waals surface area contributed by atoms with Crippen molar-refractivity contribution < 1.29 is 27.4 Å². The number of benzene rings is 2. The normalized spacial score (nSPS) is 15.3. The van der Waals surface area contributed by atoms with E-state index in [1.165, 1.54) is 12.1 Å². The van der Waals surface area contributed by atoms with E-state index in [2.05, 4.69) is 4.99 Å². The first-order chi connectivity index (χ1) is 11.9. The van der Waals surface area contributed by atoms with Gasteiger partial charge in [0.15, 0.2) is 6.10 Å². The van der Waals surface area contributed by atoms with Gasteiger partial charge in [0.1, 0.15) is 23.9 Å². The molecule has 0 saturated carbocycles. The fraction of sp³-hybridized carbons (Fsp3) is 0.278. The molecule has 2 aromatic carbocycles. The van der Waals surface area contributed by atoms with E-state index in [-0.39, 0.29) is 6.10 Å². The molecule has 3 rings (SSSR count). The minimum absolute atomic E-state index is 0.288. The molecular formula is C18H16F3NO3. The second-order valence-corrected chi connectivity index (χ2v) is 5.42. The van der Waals surface area contributed by atoms with E-state index in [1.807, 2.05) is 6.92 Å². The molecule has 1 atom stereocenters. The molecule has 0 aromatic heterocycles. The van der Waals surface area contributed by atoms with Crippen LogP contribution in [0.4, 0.5) is 13.2 Å². The number of aliphatic imine (C=N–C) groups is 1. The molecule has 0 fully saturated rings. The number of ether oxygens (including phenoxy) is 3. The topological polar surface area (TPSA) is 40.0 Å². The van der Waals surface area contributed by atoms with E-state index < -0.39 is 11.7 Å². The number of nitrogens with zero attached hydrogens (tertiary/aromatic N) is 1. The first kappa shape index (κ1) is 17.1. The van der Waals surface area contributed by atoms with E-state index in [1.54, 1.807) is 24.3 Å². The van der Waals surface area contributed by atoms with Crippen molar-refractivity contribution in [1.29, 1.82) is 0 Å². The average Bonchev–Trinajstić information content (AvgIpc) is 3.11. The minimum atomic E-state index is -4.36. The van der Waals surface area contributed by atoms with Gasteiger partial charge in [-0.05, 0) is 55.5 Å². The van der Waals surface area contributed by atoms with Crippen molar-refractivity contribution in [1.82, 2.24) is 0 Å². The summed E-state index contributed by atoms with van der Waals surface area (Å²) in [6.07, 6.45) is -4.65. The van der Waals surface area contributed by atoms with Gasteiger partial charge in [-0.25, -0.2) is 4.99 Å². The molecule has 1 aliphatic rings. The highest BCUT2D eigenvalue weighted by molar-refractivity contribution is 5.81. The van der Waals surface area contributed by atoms with Crippen LogP contribution < -0.4 is 9.47 Å². The third kappa shape index (κ3) is 4.43. The first-order valence-corrected chi connectivity index (χ1v) is 7.71. The number of hydrogen-bond donors (Lipinski definition) is 0. The molecule has 1 aliphatic heterocycles. The maximum absolute atomic E-state index is 12.5. The van der Waals surface area contributed by atoms with Crippen molar-refractivity contribution in [2.24, 2.45) is 4.99 Å². The Balaban J connectivity index is 1.60. The zero-order valence-corrected chi connectivity index (χ0v) is 13.4. The lowest BCUT2D eigenvalue weighted by Crippen LogP contribution is -2.23. The zero-order chi connectivity index (χ0) is 17.9. The second kappa shape index (κ2) is 7.04. The van der Waals surface area contributed by atoms with E-state index in [4.69, 9.17) is 14.2 Å². The van der Waals surface area contributed by atoms with E-state index in [9.17, 15) is 13.2 Å². The fourth-order valence-corrected chi connectivity index (χ4v) is 2.29. The quantitative estimate of drug-likeness (QED) is 0.784. The third-order valence-electron chi connectivity index (χ3n) is 3.51. The standard InChI is InChI=1S/C18H16F3NO3/c1-12(17-22-10-11-23-17)24-14-6-8-16(9-7-14)25-15-4-2-13(3-5-15)18(19,20)21/h2-9,12H,10-11H2,1H3. The largest absolute Gasteiger partial charge is 0.481 e. The van der Waals surface area contributed by atoms with Crippen molar-refractivity contribution in [3.63, 3.8) is 0 Å². The molecule has 0 aliphatic carbocycles. The molecule has 132 valence electrons. The molecular weight excluding hydrogens is 335 g/mol. The predicted molar refractivity (Wildman–Crippen MR) is 86.3 cm³/mol. The van der Waals surface area contributed by atoms with Crippen LogP contribution in [0.1, 0.15) is 12.5 Å². The van der Waals surface area contributed by atoms with Gasteiger partial charge in [-0.1, -0.05) is 0 Å². The third-order valence-corrected chi connectivity index (χ3v) is 3.51. The molecule has 7 heteroatoms. The zero-order valence-electron chi connectivity index (χ0n) is 13.4. The maximum atomic E-state index is 12.5. The lowest BCUT2D eigenvalue weighted by molar-refractivity contribution is -0.137. The van der Waals surface area contributed by atoms with Crippen LogP contribution in [-0.2, 0) is 10.9 Å². The summed E-state index contributed by atoms with van der Waals surface area (Å²) >= 11 is 0. The van der Waals surface area contributed by atoms with Crippen LogP contribution in [-0.4, -0.2) is 25.2 Å². The van der Waals surface area contributed by atoms with Crippen LogP contribution in [0.25, 0.3) is 0 Å². The van der Waals surface area contributed by atoms with Gasteiger partial charge in [-0.15, -0.1) is 0 Å². The van der Waals surface area contributed by atoms with Gasteiger partial charge in [-0.3, -0.25) is 0 Å². The number of alkyl halides is 3. The summed E-state index contributed by atoms with van der Waals surface area (Å²) < 4.78 is 54.2. The van der Waals surface area contributed by atoms with Crippen molar-refractivity contribution >= 4 is 5.90 Å². The van der Waals surface area contributed by atoms with Gasteiger partial charge in [0, 0.05) is 0 Å². The molecule has 25 heavy (non-hydrogen) atoms. The van der Waals surface area contributed by atoms with Gasteiger partial charge in [-0.2, -0.15) is 13.2 Å². The fourth-order valence-electron chi connectivity index (χ4n) is 2.29. The minimum Gasteiger partial charge on any atom is -0.481 e. The molecule has 0 N–H and O–H groups in total. The lowest BCUT2D eigenvalue weighted by atomic mass is 10.2. The summed E-state index contributed by atoms with van der Waals surface area (Å²) in [6, 6.07) is 11.3. The molecule has 0 radical (unpaired) electrons. The van der Waals surface area contributed by atoms with Crippen LogP contribution in [0.2, 0.25) is 0 Å². The van der Waals surface area contributed by atoms with E-state index >= 15 is 0 Å². The van der Waals surface area contributed by atoms with Gasteiger partial charge in [0.25, 0.3) is 0 Å².